The zero-order valence-electron chi connectivity index (χ0n) is 10.6. The lowest BCUT2D eigenvalue weighted by Gasteiger charge is -2.15. The smallest absolute Gasteiger partial charge is 0.310 e. The Bertz CT molecular complexity index is 596. The standard InChI is InChI=1S/C11H14BrNO4S2/c1-7-9(5-10(12)18-7)19(15,16)13-4-3-8(6-13)11(14)17-2/h5,8H,3-4,6H2,1-2H3. The Morgan fingerprint density at radius 1 is 1.58 bits per heavy atom. The molecule has 2 heterocycles. The topological polar surface area (TPSA) is 63.7 Å². The predicted molar refractivity (Wildman–Crippen MR) is 75.6 cm³/mol. The number of esters is 1. The lowest BCUT2D eigenvalue weighted by molar-refractivity contribution is -0.144. The predicted octanol–water partition coefficient (Wildman–Crippen LogP) is 2.00. The third kappa shape index (κ3) is 2.86. The van der Waals surface area contributed by atoms with Gasteiger partial charge in [0.05, 0.1) is 21.7 Å². The summed E-state index contributed by atoms with van der Waals surface area (Å²) in [7, 11) is -2.20. The van der Waals surface area contributed by atoms with Crippen molar-refractivity contribution in [2.45, 2.75) is 18.2 Å². The normalized spacial score (nSPS) is 20.7. The summed E-state index contributed by atoms with van der Waals surface area (Å²) in [6.07, 6.45) is 0.510. The van der Waals surface area contributed by atoms with Gasteiger partial charge < -0.3 is 4.74 Å². The molecule has 0 radical (unpaired) electrons. The minimum Gasteiger partial charge on any atom is -0.469 e. The van der Waals surface area contributed by atoms with E-state index in [9.17, 15) is 13.2 Å². The Hall–Kier alpha value is -0.440. The Morgan fingerprint density at radius 3 is 2.79 bits per heavy atom. The van der Waals surface area contributed by atoms with Gasteiger partial charge in [0.15, 0.2) is 0 Å². The molecule has 1 aromatic rings. The molecular formula is C11H14BrNO4S2. The number of hydrogen-bond acceptors (Lipinski definition) is 5. The zero-order valence-corrected chi connectivity index (χ0v) is 13.8. The molecule has 1 aromatic heterocycles. The van der Waals surface area contributed by atoms with Crippen LogP contribution in [0.25, 0.3) is 0 Å². The number of aryl methyl sites for hydroxylation is 1. The molecule has 0 bridgehead atoms. The van der Waals surface area contributed by atoms with Gasteiger partial charge >= 0.3 is 5.97 Å². The second-order valence-electron chi connectivity index (χ2n) is 4.34. The molecule has 1 aliphatic heterocycles. The first kappa shape index (κ1) is 15.0. The van der Waals surface area contributed by atoms with E-state index in [0.717, 1.165) is 8.66 Å². The number of thiophene rings is 1. The van der Waals surface area contributed by atoms with Crippen LogP contribution in [0, 0.1) is 12.8 Å². The van der Waals surface area contributed by atoms with Crippen molar-refractivity contribution in [3.63, 3.8) is 0 Å². The van der Waals surface area contributed by atoms with Crippen LogP contribution >= 0.6 is 27.3 Å². The summed E-state index contributed by atoms with van der Waals surface area (Å²) in [5.41, 5.74) is 0. The summed E-state index contributed by atoms with van der Waals surface area (Å²) in [5, 5.41) is 0. The molecule has 0 amide bonds. The largest absolute Gasteiger partial charge is 0.469 e. The van der Waals surface area contributed by atoms with Crippen LogP contribution in [0.2, 0.25) is 0 Å². The van der Waals surface area contributed by atoms with Crippen molar-refractivity contribution in [2.75, 3.05) is 20.2 Å². The molecule has 1 unspecified atom stereocenters. The number of halogens is 1. The molecular weight excluding hydrogens is 354 g/mol. The van der Waals surface area contributed by atoms with Crippen LogP contribution < -0.4 is 0 Å². The second-order valence-corrected chi connectivity index (χ2v) is 8.88. The highest BCUT2D eigenvalue weighted by atomic mass is 79.9. The summed E-state index contributed by atoms with van der Waals surface area (Å²) in [6.45, 7) is 2.33. The van der Waals surface area contributed by atoms with Crippen molar-refractivity contribution in [3.05, 3.63) is 14.7 Å². The lowest BCUT2D eigenvalue weighted by Crippen LogP contribution is -2.30. The summed E-state index contributed by atoms with van der Waals surface area (Å²) in [5.74, 6) is -0.705. The van der Waals surface area contributed by atoms with Gasteiger partial charge in [0.2, 0.25) is 10.0 Å². The average molecular weight is 368 g/mol. The SMILES string of the molecule is COC(=O)C1CCN(S(=O)(=O)c2cc(Br)sc2C)C1. The van der Waals surface area contributed by atoms with Crippen LogP contribution in [0.5, 0.6) is 0 Å². The fraction of sp³-hybridized carbons (Fsp3) is 0.545. The first-order valence-electron chi connectivity index (χ1n) is 5.70. The monoisotopic (exact) mass is 367 g/mol. The Morgan fingerprint density at radius 2 is 2.26 bits per heavy atom. The van der Waals surface area contributed by atoms with Gasteiger partial charge in [-0.15, -0.1) is 11.3 Å². The minimum absolute atomic E-state index is 0.196. The van der Waals surface area contributed by atoms with E-state index < -0.39 is 10.0 Å². The fourth-order valence-electron chi connectivity index (χ4n) is 2.13. The molecule has 1 fully saturated rings. The van der Waals surface area contributed by atoms with E-state index in [0.29, 0.717) is 17.9 Å². The van der Waals surface area contributed by atoms with Crippen molar-refractivity contribution < 1.29 is 17.9 Å². The summed E-state index contributed by atoms with van der Waals surface area (Å²) < 4.78 is 31.8. The van der Waals surface area contributed by atoms with E-state index in [2.05, 4.69) is 20.7 Å². The maximum absolute atomic E-state index is 12.5. The summed E-state index contributed by atoms with van der Waals surface area (Å²) >= 11 is 4.68. The molecule has 0 saturated carbocycles. The Labute approximate surface area is 124 Å². The molecule has 1 atom stereocenters. The molecule has 0 spiro atoms. The quantitative estimate of drug-likeness (QED) is 0.766. The molecule has 1 aliphatic rings. The fourth-order valence-corrected chi connectivity index (χ4v) is 6.01. The highest BCUT2D eigenvalue weighted by Gasteiger charge is 2.37. The van der Waals surface area contributed by atoms with E-state index in [1.165, 1.54) is 22.8 Å². The van der Waals surface area contributed by atoms with E-state index in [4.69, 9.17) is 0 Å². The highest BCUT2D eigenvalue weighted by molar-refractivity contribution is 9.11. The number of sulfonamides is 1. The molecule has 5 nitrogen and oxygen atoms in total. The van der Waals surface area contributed by atoms with E-state index in [1.807, 2.05) is 0 Å². The molecule has 8 heteroatoms. The first-order chi connectivity index (χ1) is 8.86. The van der Waals surface area contributed by atoms with Gasteiger partial charge in [0, 0.05) is 18.0 Å². The summed E-state index contributed by atoms with van der Waals surface area (Å²) in [6, 6.07) is 1.61. The highest BCUT2D eigenvalue weighted by Crippen LogP contribution is 2.33. The Kier molecular flexibility index (Phi) is 4.34. The van der Waals surface area contributed by atoms with Crippen LogP contribution in [-0.4, -0.2) is 38.9 Å². The van der Waals surface area contributed by atoms with E-state index in [-0.39, 0.29) is 18.4 Å². The van der Waals surface area contributed by atoms with Gasteiger partial charge in [-0.2, -0.15) is 4.31 Å². The Balaban J connectivity index is 2.23. The van der Waals surface area contributed by atoms with Crippen molar-refractivity contribution in [1.29, 1.82) is 0 Å². The maximum atomic E-state index is 12.5. The van der Waals surface area contributed by atoms with Crippen molar-refractivity contribution in [3.8, 4) is 0 Å². The number of hydrogen-bond donors (Lipinski definition) is 0. The van der Waals surface area contributed by atoms with Crippen LogP contribution in [0.3, 0.4) is 0 Å². The molecule has 106 valence electrons. The number of carbonyl (C=O) groups excluding carboxylic acids is 1. The maximum Gasteiger partial charge on any atom is 0.310 e. The molecule has 0 aromatic carbocycles. The van der Waals surface area contributed by atoms with Crippen LogP contribution in [0.1, 0.15) is 11.3 Å². The number of ether oxygens (including phenoxy) is 1. The molecule has 2 rings (SSSR count). The third-order valence-corrected chi connectivity index (χ3v) is 6.82. The number of rotatable bonds is 3. The first-order valence-corrected chi connectivity index (χ1v) is 8.75. The molecule has 19 heavy (non-hydrogen) atoms. The van der Waals surface area contributed by atoms with Gasteiger partial charge in [-0.05, 0) is 35.3 Å². The second kappa shape index (κ2) is 5.51. The third-order valence-electron chi connectivity index (χ3n) is 3.15. The lowest BCUT2D eigenvalue weighted by atomic mass is 10.1. The number of methoxy groups -OCH3 is 1. The zero-order chi connectivity index (χ0) is 14.2. The van der Waals surface area contributed by atoms with Gasteiger partial charge in [-0.25, -0.2) is 8.42 Å². The van der Waals surface area contributed by atoms with Gasteiger partial charge in [-0.1, -0.05) is 0 Å². The molecule has 0 aliphatic carbocycles. The average Bonchev–Trinajstić information content (AvgIpc) is 2.95. The number of carbonyl (C=O) groups is 1. The van der Waals surface area contributed by atoms with Gasteiger partial charge in [-0.3, -0.25) is 4.79 Å². The van der Waals surface area contributed by atoms with Crippen molar-refractivity contribution in [1.82, 2.24) is 4.31 Å². The van der Waals surface area contributed by atoms with Crippen molar-refractivity contribution >= 4 is 43.3 Å². The summed E-state index contributed by atoms with van der Waals surface area (Å²) in [4.78, 5) is 12.5. The van der Waals surface area contributed by atoms with Crippen molar-refractivity contribution in [2.24, 2.45) is 5.92 Å². The molecule has 0 N–H and O–H groups in total. The van der Waals surface area contributed by atoms with E-state index in [1.54, 1.807) is 13.0 Å². The van der Waals surface area contributed by atoms with Gasteiger partial charge in [0.25, 0.3) is 0 Å². The minimum atomic E-state index is -3.52. The van der Waals surface area contributed by atoms with E-state index >= 15 is 0 Å². The number of nitrogens with zero attached hydrogens (tertiary/aromatic N) is 1. The van der Waals surface area contributed by atoms with Crippen LogP contribution in [-0.2, 0) is 19.6 Å². The van der Waals surface area contributed by atoms with Gasteiger partial charge in [0.1, 0.15) is 0 Å². The van der Waals surface area contributed by atoms with Crippen LogP contribution in [0.15, 0.2) is 14.7 Å². The molecule has 1 saturated heterocycles. The van der Waals surface area contributed by atoms with Crippen LogP contribution in [0.4, 0.5) is 0 Å².